The monoisotopic (exact) mass is 824 g/mol. The maximum Gasteiger partial charge on any atom is 0.131 e. The smallest absolute Gasteiger partial charge is 0.131 e. The van der Waals surface area contributed by atoms with Gasteiger partial charge in [0.1, 0.15) is 5.58 Å². The second kappa shape index (κ2) is 14.9. The SMILES string of the molecule is CC(C)c1ccnc(-c2[c-]cc3c(c2)oc2c(-c4ccccc4)cccc23)c1.[2H]C(C)(C)c1cc(-c2[c-]cccc2)ncc1[Si](C)(C)C.[Ir]. The summed E-state index contributed by atoms with van der Waals surface area (Å²) in [5.74, 6) is -0.146. The van der Waals surface area contributed by atoms with Gasteiger partial charge in [0.25, 0.3) is 0 Å². The summed E-state index contributed by atoms with van der Waals surface area (Å²) in [7, 11) is -1.50. The van der Waals surface area contributed by atoms with E-state index in [0.29, 0.717) is 5.92 Å². The van der Waals surface area contributed by atoms with Gasteiger partial charge in [-0.15, -0.1) is 53.6 Å². The Balaban J connectivity index is 0.000000199. The van der Waals surface area contributed by atoms with Gasteiger partial charge in [0.15, 0.2) is 0 Å². The van der Waals surface area contributed by atoms with E-state index in [4.69, 9.17) is 5.79 Å². The summed E-state index contributed by atoms with van der Waals surface area (Å²) >= 11 is 0. The first-order valence-electron chi connectivity index (χ1n) is 16.8. The van der Waals surface area contributed by atoms with Crippen molar-refractivity contribution in [3.63, 3.8) is 0 Å². The van der Waals surface area contributed by atoms with Gasteiger partial charge >= 0.3 is 0 Å². The second-order valence-electron chi connectivity index (χ2n) is 13.5. The van der Waals surface area contributed by atoms with Crippen molar-refractivity contribution in [2.24, 2.45) is 0 Å². The van der Waals surface area contributed by atoms with Gasteiger partial charge in [-0.25, -0.2) is 0 Å². The molecule has 0 N–H and O–H groups in total. The average Bonchev–Trinajstić information content (AvgIpc) is 3.46. The summed E-state index contributed by atoms with van der Waals surface area (Å²) in [6.45, 7) is 15.2. The van der Waals surface area contributed by atoms with Gasteiger partial charge < -0.3 is 14.4 Å². The minimum atomic E-state index is -1.50. The topological polar surface area (TPSA) is 38.9 Å². The van der Waals surface area contributed by atoms with Crippen molar-refractivity contribution in [3.05, 3.63) is 139 Å². The standard InChI is InChI=1S/C26H20NO.C17H22NSi.Ir/c1-17(2)19-13-14-27-24(15-19)20-11-12-22-23-10-6-9-21(18-7-4-3-5-8-18)26(23)28-25(22)16-20;1-13(2)15-11-16(14-9-7-6-8-10-14)18-12-17(15)19(3,4)5;/h3-10,12-17H,1-2H3;6-9,11-13H,1-5H3;/q2*-1;/i;13D;. The van der Waals surface area contributed by atoms with Crippen LogP contribution in [0.5, 0.6) is 0 Å². The summed E-state index contributed by atoms with van der Waals surface area (Å²) in [5.41, 5.74) is 10.2. The van der Waals surface area contributed by atoms with Crippen LogP contribution >= 0.6 is 0 Å². The second-order valence-corrected chi connectivity index (χ2v) is 18.6. The van der Waals surface area contributed by atoms with Crippen LogP contribution < -0.4 is 5.19 Å². The number of hydrogen-bond acceptors (Lipinski definition) is 3. The third-order valence-electron chi connectivity index (χ3n) is 8.48. The molecule has 1 radical (unpaired) electrons. The molecule has 0 atom stereocenters. The number of aromatic nitrogens is 2. The Kier molecular flexibility index (Phi) is 10.5. The summed E-state index contributed by atoms with van der Waals surface area (Å²) in [5, 5.41) is 3.47. The molecule has 0 saturated heterocycles. The molecule has 3 heterocycles. The fourth-order valence-electron chi connectivity index (χ4n) is 5.85. The molecule has 0 aliphatic heterocycles. The van der Waals surface area contributed by atoms with Crippen molar-refractivity contribution in [3.8, 4) is 33.6 Å². The Morgan fingerprint density at radius 2 is 1.50 bits per heavy atom. The van der Waals surface area contributed by atoms with Gasteiger partial charge in [-0.1, -0.05) is 131 Å². The van der Waals surface area contributed by atoms with Crippen LogP contribution in [0.25, 0.3) is 55.6 Å². The van der Waals surface area contributed by atoms with Gasteiger partial charge in [0.05, 0.1) is 13.7 Å². The van der Waals surface area contributed by atoms with Gasteiger partial charge in [-0.3, -0.25) is 0 Å². The molecule has 48 heavy (non-hydrogen) atoms. The molecule has 0 aliphatic carbocycles. The van der Waals surface area contributed by atoms with E-state index >= 15 is 0 Å². The van der Waals surface area contributed by atoms with Crippen LogP contribution in [0.4, 0.5) is 0 Å². The molecule has 0 spiro atoms. The molecule has 0 aliphatic rings. The van der Waals surface area contributed by atoms with Crippen LogP contribution in [-0.2, 0) is 20.1 Å². The van der Waals surface area contributed by atoms with Gasteiger partial charge in [0, 0.05) is 39.4 Å². The van der Waals surface area contributed by atoms with Crippen molar-refractivity contribution < 1.29 is 25.9 Å². The maximum absolute atomic E-state index is 8.44. The molecule has 4 aromatic carbocycles. The Labute approximate surface area is 301 Å². The van der Waals surface area contributed by atoms with Crippen molar-refractivity contribution in [1.82, 2.24) is 9.97 Å². The summed E-state index contributed by atoms with van der Waals surface area (Å²) in [6, 6.07) is 41.5. The van der Waals surface area contributed by atoms with E-state index in [2.05, 4.69) is 122 Å². The molecule has 7 rings (SSSR count). The van der Waals surface area contributed by atoms with Crippen molar-refractivity contribution in [2.75, 3.05) is 0 Å². The molecular formula is C43H42IrN2OSi-2. The quantitative estimate of drug-likeness (QED) is 0.124. The van der Waals surface area contributed by atoms with E-state index in [1.165, 1.54) is 10.8 Å². The normalized spacial score (nSPS) is 12.0. The number of para-hydroxylation sites is 1. The molecule has 5 heteroatoms. The zero-order chi connectivity index (χ0) is 34.1. The van der Waals surface area contributed by atoms with Crippen LogP contribution in [-0.4, -0.2) is 18.0 Å². The summed E-state index contributed by atoms with van der Waals surface area (Å²) in [6.07, 6.45) is 3.85. The van der Waals surface area contributed by atoms with Crippen molar-refractivity contribution in [2.45, 2.75) is 59.1 Å². The third-order valence-corrected chi connectivity index (χ3v) is 10.5. The third kappa shape index (κ3) is 7.60. The summed E-state index contributed by atoms with van der Waals surface area (Å²) < 4.78 is 14.8. The largest absolute Gasteiger partial charge is 0.476 e. The molecule has 3 aromatic heterocycles. The van der Waals surface area contributed by atoms with E-state index < -0.39 is 14.0 Å². The first kappa shape index (κ1) is 33.7. The molecule has 245 valence electrons. The number of nitrogens with zero attached hydrogens (tertiary/aromatic N) is 2. The summed E-state index contributed by atoms with van der Waals surface area (Å²) in [4.78, 5) is 9.15. The zero-order valence-corrected chi connectivity index (χ0v) is 32.1. The van der Waals surface area contributed by atoms with E-state index in [-0.39, 0.29) is 20.1 Å². The van der Waals surface area contributed by atoms with Gasteiger partial charge in [0.2, 0.25) is 0 Å². The molecule has 0 saturated carbocycles. The number of rotatable bonds is 6. The number of furan rings is 1. The Hall–Kier alpha value is -4.15. The van der Waals surface area contributed by atoms with Gasteiger partial charge in [-0.05, 0) is 45.4 Å². The van der Waals surface area contributed by atoms with Crippen LogP contribution in [0.2, 0.25) is 19.6 Å². The fourth-order valence-corrected chi connectivity index (χ4v) is 7.43. The van der Waals surface area contributed by atoms with Crippen LogP contribution in [0, 0.1) is 12.1 Å². The van der Waals surface area contributed by atoms with Crippen molar-refractivity contribution in [1.29, 1.82) is 0 Å². The minimum Gasteiger partial charge on any atom is -0.476 e. The molecule has 0 amide bonds. The first-order chi connectivity index (χ1) is 22.9. The van der Waals surface area contributed by atoms with E-state index in [0.717, 1.165) is 61.1 Å². The molecule has 0 bridgehead atoms. The molecule has 0 unspecified atom stereocenters. The number of benzene rings is 4. The van der Waals surface area contributed by atoms with E-state index in [1.807, 2.05) is 62.6 Å². The van der Waals surface area contributed by atoms with Crippen LogP contribution in [0.15, 0.2) is 120 Å². The molecule has 3 nitrogen and oxygen atoms in total. The van der Waals surface area contributed by atoms with E-state index in [1.54, 1.807) is 0 Å². The fraction of sp³-hybridized carbons (Fsp3) is 0.209. The minimum absolute atomic E-state index is 0. The van der Waals surface area contributed by atoms with E-state index in [9.17, 15) is 0 Å². The van der Waals surface area contributed by atoms with Gasteiger partial charge in [-0.2, -0.15) is 0 Å². The average molecular weight is 824 g/mol. The number of fused-ring (bicyclic) bond motifs is 3. The Morgan fingerprint density at radius 3 is 2.19 bits per heavy atom. The first-order valence-corrected chi connectivity index (χ1v) is 19.8. The molecule has 7 aromatic rings. The van der Waals surface area contributed by atoms with Crippen LogP contribution in [0.1, 0.15) is 52.0 Å². The number of hydrogen-bond donors (Lipinski definition) is 0. The zero-order valence-electron chi connectivity index (χ0n) is 29.7. The maximum atomic E-state index is 8.44. The predicted octanol–water partition coefficient (Wildman–Crippen LogP) is 11.5. The van der Waals surface area contributed by atoms with Crippen LogP contribution in [0.3, 0.4) is 0 Å². The Bertz CT molecular complexity index is 2180. The molecular weight excluding hydrogens is 781 g/mol. The Morgan fingerprint density at radius 1 is 0.750 bits per heavy atom. The van der Waals surface area contributed by atoms with Crippen molar-refractivity contribution >= 4 is 35.2 Å². The molecule has 0 fully saturated rings. The number of pyridine rings is 2. The predicted molar refractivity (Wildman–Crippen MR) is 201 cm³/mol.